The topological polar surface area (TPSA) is 50.3 Å². The summed E-state index contributed by atoms with van der Waals surface area (Å²) in [6, 6.07) is 0. The van der Waals surface area contributed by atoms with Crippen molar-refractivity contribution in [1.29, 1.82) is 0 Å². The lowest BCUT2D eigenvalue weighted by Gasteiger charge is -2.23. The zero-order valence-corrected chi connectivity index (χ0v) is 11.8. The first-order chi connectivity index (χ1) is 9.31. The molecule has 5 heteroatoms. The van der Waals surface area contributed by atoms with Gasteiger partial charge in [0.25, 0.3) is 0 Å². The van der Waals surface area contributed by atoms with Crippen LogP contribution < -0.4 is 10.2 Å². The van der Waals surface area contributed by atoms with Crippen molar-refractivity contribution < 1.29 is 4.74 Å². The van der Waals surface area contributed by atoms with Gasteiger partial charge in [0.1, 0.15) is 5.82 Å². The van der Waals surface area contributed by atoms with E-state index >= 15 is 0 Å². The van der Waals surface area contributed by atoms with Gasteiger partial charge in [-0.15, -0.1) is 0 Å². The number of rotatable bonds is 2. The normalized spacial score (nSPS) is 22.2. The molecule has 0 aromatic carbocycles. The fraction of sp³-hybridized carbons (Fsp3) is 0.714. The second kappa shape index (κ2) is 5.33. The van der Waals surface area contributed by atoms with Gasteiger partial charge in [0.15, 0.2) is 5.82 Å². The summed E-state index contributed by atoms with van der Waals surface area (Å²) in [6.07, 6.45) is 3.15. The Bertz CT molecular complexity index is 463. The molecule has 5 nitrogen and oxygen atoms in total. The molecule has 3 heterocycles. The fourth-order valence-corrected chi connectivity index (χ4v) is 2.79. The van der Waals surface area contributed by atoms with E-state index in [1.807, 2.05) is 0 Å². The zero-order valence-electron chi connectivity index (χ0n) is 11.8. The number of aromatic nitrogens is 2. The molecule has 2 aliphatic rings. The Labute approximate surface area is 114 Å². The van der Waals surface area contributed by atoms with E-state index in [4.69, 9.17) is 9.72 Å². The molecule has 0 spiro atoms. The molecular formula is C14H22N4O. The van der Waals surface area contributed by atoms with Crippen molar-refractivity contribution in [2.75, 3.05) is 36.5 Å². The van der Waals surface area contributed by atoms with Gasteiger partial charge in [-0.1, -0.05) is 13.8 Å². The molecule has 1 saturated heterocycles. The van der Waals surface area contributed by atoms with Crippen molar-refractivity contribution in [2.45, 2.75) is 39.2 Å². The van der Waals surface area contributed by atoms with Crippen LogP contribution in [0.2, 0.25) is 0 Å². The highest BCUT2D eigenvalue weighted by atomic mass is 16.5. The molecule has 0 amide bonds. The van der Waals surface area contributed by atoms with E-state index in [-0.39, 0.29) is 6.10 Å². The van der Waals surface area contributed by atoms with Crippen LogP contribution in [0.4, 0.5) is 11.5 Å². The molecule has 0 aliphatic carbocycles. The van der Waals surface area contributed by atoms with Crippen LogP contribution in [0.3, 0.4) is 0 Å². The number of fused-ring (bicyclic) bond motifs is 4. The maximum Gasteiger partial charge on any atom is 0.156 e. The second-order valence-electron chi connectivity index (χ2n) is 5.17. The van der Waals surface area contributed by atoms with Gasteiger partial charge in [-0.25, -0.2) is 9.97 Å². The molecular weight excluding hydrogens is 240 g/mol. The summed E-state index contributed by atoms with van der Waals surface area (Å²) in [5.41, 5.74) is 2.25. The maximum atomic E-state index is 5.86. The third kappa shape index (κ3) is 2.39. The largest absolute Gasteiger partial charge is 0.378 e. The molecule has 2 aliphatic heterocycles. The van der Waals surface area contributed by atoms with Crippen LogP contribution in [0.15, 0.2) is 0 Å². The second-order valence-corrected chi connectivity index (χ2v) is 5.17. The zero-order chi connectivity index (χ0) is 13.2. The van der Waals surface area contributed by atoms with Crippen molar-refractivity contribution in [3.8, 4) is 0 Å². The summed E-state index contributed by atoms with van der Waals surface area (Å²) in [7, 11) is 0. The van der Waals surface area contributed by atoms with Crippen LogP contribution in [-0.2, 0) is 17.6 Å². The summed E-state index contributed by atoms with van der Waals surface area (Å²) in [5, 5.41) is 3.50. The molecule has 1 N–H and O–H groups in total. The van der Waals surface area contributed by atoms with Gasteiger partial charge in [0, 0.05) is 32.7 Å². The first-order valence-electron chi connectivity index (χ1n) is 7.32. The number of anilines is 2. The average molecular weight is 262 g/mol. The Hall–Kier alpha value is -1.36. The monoisotopic (exact) mass is 262 g/mol. The standard InChI is InChI=1S/C14H22N4O/c1-3-11-13-14(17-12(4-2)16-11)18-6-5-7-19-10(9-18)8-15-13/h10,15H,3-9H2,1-2H3. The summed E-state index contributed by atoms with van der Waals surface area (Å²) in [4.78, 5) is 11.8. The average Bonchev–Trinajstić information content (AvgIpc) is 2.79. The molecule has 1 aromatic rings. The van der Waals surface area contributed by atoms with Crippen molar-refractivity contribution in [3.05, 3.63) is 11.5 Å². The highest BCUT2D eigenvalue weighted by Gasteiger charge is 2.27. The van der Waals surface area contributed by atoms with E-state index < -0.39 is 0 Å². The molecule has 104 valence electrons. The Morgan fingerprint density at radius 3 is 3.00 bits per heavy atom. The van der Waals surface area contributed by atoms with Crippen molar-refractivity contribution in [3.63, 3.8) is 0 Å². The minimum atomic E-state index is 0.256. The molecule has 1 unspecified atom stereocenters. The summed E-state index contributed by atoms with van der Waals surface area (Å²) in [5.74, 6) is 2.03. The van der Waals surface area contributed by atoms with Gasteiger partial charge in [0.2, 0.25) is 0 Å². The quantitative estimate of drug-likeness (QED) is 0.877. The molecule has 3 rings (SSSR count). The summed E-state index contributed by atoms with van der Waals surface area (Å²) < 4.78 is 5.86. The smallest absolute Gasteiger partial charge is 0.156 e. The number of nitrogens with zero attached hydrogens (tertiary/aromatic N) is 3. The molecule has 1 fully saturated rings. The lowest BCUT2D eigenvalue weighted by molar-refractivity contribution is 0.0783. The predicted molar refractivity (Wildman–Crippen MR) is 75.8 cm³/mol. The first-order valence-corrected chi connectivity index (χ1v) is 7.32. The molecule has 19 heavy (non-hydrogen) atoms. The van der Waals surface area contributed by atoms with Gasteiger partial charge in [0.05, 0.1) is 17.5 Å². The van der Waals surface area contributed by atoms with Gasteiger partial charge >= 0.3 is 0 Å². The van der Waals surface area contributed by atoms with Crippen molar-refractivity contribution >= 4 is 11.5 Å². The molecule has 2 bridgehead atoms. The third-order valence-corrected chi connectivity index (χ3v) is 3.82. The molecule has 1 aromatic heterocycles. The molecule has 0 radical (unpaired) electrons. The minimum absolute atomic E-state index is 0.256. The Morgan fingerprint density at radius 2 is 2.21 bits per heavy atom. The van der Waals surface area contributed by atoms with E-state index in [0.29, 0.717) is 0 Å². The van der Waals surface area contributed by atoms with Gasteiger partial charge in [-0.3, -0.25) is 0 Å². The van der Waals surface area contributed by atoms with Gasteiger partial charge in [-0.05, 0) is 12.8 Å². The SMILES string of the molecule is CCc1nc(CC)c2c(n1)N1CCCOC(CN2)C1. The minimum Gasteiger partial charge on any atom is -0.378 e. The molecule has 1 atom stereocenters. The number of ether oxygens (including phenoxy) is 1. The number of hydrogen-bond donors (Lipinski definition) is 1. The highest BCUT2D eigenvalue weighted by Crippen LogP contribution is 2.31. The van der Waals surface area contributed by atoms with E-state index in [1.165, 1.54) is 0 Å². The van der Waals surface area contributed by atoms with Crippen molar-refractivity contribution in [2.24, 2.45) is 0 Å². The summed E-state index contributed by atoms with van der Waals surface area (Å²) in [6.45, 7) is 7.92. The Morgan fingerprint density at radius 1 is 1.32 bits per heavy atom. The van der Waals surface area contributed by atoms with E-state index in [2.05, 4.69) is 29.0 Å². The Balaban J connectivity index is 2.06. The van der Waals surface area contributed by atoms with E-state index in [0.717, 1.165) is 68.5 Å². The van der Waals surface area contributed by atoms with E-state index in [9.17, 15) is 0 Å². The maximum absolute atomic E-state index is 5.86. The van der Waals surface area contributed by atoms with Crippen LogP contribution >= 0.6 is 0 Å². The summed E-state index contributed by atoms with van der Waals surface area (Å²) >= 11 is 0. The lowest BCUT2D eigenvalue weighted by Crippen LogP contribution is -2.33. The number of aryl methyl sites for hydroxylation is 2. The third-order valence-electron chi connectivity index (χ3n) is 3.82. The predicted octanol–water partition coefficient (Wildman–Crippen LogP) is 1.62. The highest BCUT2D eigenvalue weighted by molar-refractivity contribution is 5.69. The van der Waals surface area contributed by atoms with Crippen LogP contribution in [0, 0.1) is 0 Å². The van der Waals surface area contributed by atoms with Crippen molar-refractivity contribution in [1.82, 2.24) is 9.97 Å². The number of nitrogens with one attached hydrogen (secondary N) is 1. The van der Waals surface area contributed by atoms with Crippen LogP contribution in [-0.4, -0.2) is 42.3 Å². The van der Waals surface area contributed by atoms with Crippen LogP contribution in [0.5, 0.6) is 0 Å². The number of hydrogen-bond acceptors (Lipinski definition) is 5. The van der Waals surface area contributed by atoms with Crippen LogP contribution in [0.25, 0.3) is 0 Å². The Kier molecular flexibility index (Phi) is 3.55. The van der Waals surface area contributed by atoms with Gasteiger partial charge < -0.3 is 15.0 Å². The molecule has 0 saturated carbocycles. The lowest BCUT2D eigenvalue weighted by atomic mass is 10.2. The van der Waals surface area contributed by atoms with E-state index in [1.54, 1.807) is 0 Å². The first kappa shape index (κ1) is 12.7. The fourth-order valence-electron chi connectivity index (χ4n) is 2.79. The van der Waals surface area contributed by atoms with Crippen LogP contribution in [0.1, 0.15) is 31.8 Å². The van der Waals surface area contributed by atoms with Gasteiger partial charge in [-0.2, -0.15) is 0 Å².